The zero-order chi connectivity index (χ0) is 15.7. The van der Waals surface area contributed by atoms with Crippen LogP contribution in [0.1, 0.15) is 18.9 Å². The Labute approximate surface area is 121 Å². The fourth-order valence-electron chi connectivity index (χ4n) is 1.69. The summed E-state index contributed by atoms with van der Waals surface area (Å²) in [6.45, 7) is -0.0236. The van der Waals surface area contributed by atoms with Crippen molar-refractivity contribution < 1.29 is 16.5 Å². The number of rotatable bonds is 4. The molecule has 3 rings (SSSR count). The third-order valence-electron chi connectivity index (χ3n) is 2.62. The van der Waals surface area contributed by atoms with E-state index >= 15 is 0 Å². The minimum absolute atomic E-state index is 0.0236. The zero-order valence-electron chi connectivity index (χ0n) is 12.2. The van der Waals surface area contributed by atoms with Crippen LogP contribution in [0, 0.1) is 0 Å². The predicted molar refractivity (Wildman–Crippen MR) is 74.1 cm³/mol. The summed E-state index contributed by atoms with van der Waals surface area (Å²) < 4.78 is 24.9. The van der Waals surface area contributed by atoms with Crippen LogP contribution in [0.2, 0.25) is 0 Å². The molecule has 7 heteroatoms. The average molecular weight is 293 g/mol. The molecule has 3 aromatic rings. The fraction of sp³-hybridized carbons (Fsp3) is 0.0769. The lowest BCUT2D eigenvalue weighted by Crippen LogP contribution is -2.23. The van der Waals surface area contributed by atoms with E-state index in [-0.39, 0.29) is 35.8 Å². The van der Waals surface area contributed by atoms with Crippen molar-refractivity contribution in [3.8, 4) is 11.3 Å². The first-order valence-corrected chi connectivity index (χ1v) is 6.61. The average Bonchev–Trinajstić information content (AvgIpc) is 3.20. The number of nitrogen functional groups attached to an aromatic ring is 1. The summed E-state index contributed by atoms with van der Waals surface area (Å²) in [6.07, 6.45) is 1.15. The van der Waals surface area contributed by atoms with Crippen molar-refractivity contribution >= 4 is 23.1 Å². The van der Waals surface area contributed by atoms with Gasteiger partial charge in [0.25, 0.3) is 5.91 Å². The number of thiophene rings is 1. The molecular formula is C13H11N3O3S. The Bertz CT molecular complexity index is 811. The van der Waals surface area contributed by atoms with Gasteiger partial charge in [-0.25, -0.2) is 0 Å². The topological polar surface area (TPSA) is 94.3 Å². The highest BCUT2D eigenvalue weighted by atomic mass is 32.1. The largest absolute Gasteiger partial charge is 0.467 e. The van der Waals surface area contributed by atoms with E-state index in [1.807, 2.05) is 10.8 Å². The van der Waals surface area contributed by atoms with E-state index in [0.29, 0.717) is 5.69 Å². The highest BCUT2D eigenvalue weighted by Crippen LogP contribution is 2.28. The van der Waals surface area contributed by atoms with Crippen molar-refractivity contribution in [1.29, 1.82) is 0 Å². The first-order valence-electron chi connectivity index (χ1n) is 6.67. The molecule has 0 fully saturated rings. The first kappa shape index (κ1) is 10.3. The van der Waals surface area contributed by atoms with Gasteiger partial charge in [0.15, 0.2) is 0 Å². The van der Waals surface area contributed by atoms with Crippen molar-refractivity contribution in [1.82, 2.24) is 10.5 Å². The Morgan fingerprint density at radius 2 is 2.50 bits per heavy atom. The van der Waals surface area contributed by atoms with E-state index in [1.165, 1.54) is 11.3 Å². The van der Waals surface area contributed by atoms with E-state index < -0.39 is 5.91 Å². The Morgan fingerprint density at radius 3 is 3.20 bits per heavy atom. The van der Waals surface area contributed by atoms with Crippen molar-refractivity contribution in [2.75, 3.05) is 5.73 Å². The predicted octanol–water partition coefficient (Wildman–Crippen LogP) is 2.51. The van der Waals surface area contributed by atoms with Crippen LogP contribution >= 0.6 is 11.3 Å². The van der Waals surface area contributed by atoms with Gasteiger partial charge < -0.3 is 20.0 Å². The summed E-state index contributed by atoms with van der Waals surface area (Å²) in [7, 11) is 0. The highest BCUT2D eigenvalue weighted by molar-refractivity contribution is 7.08. The van der Waals surface area contributed by atoms with Crippen molar-refractivity contribution in [2.24, 2.45) is 0 Å². The van der Waals surface area contributed by atoms with Crippen LogP contribution in [-0.2, 0) is 6.54 Å². The SMILES string of the molecule is [3H]c1coc(CNC(=O)c2c(-c3ccsc3)noc2N)c1[3H]. The molecule has 0 aromatic carbocycles. The molecule has 0 aliphatic rings. The number of aromatic nitrogens is 1. The first-order chi connectivity index (χ1) is 10.6. The zero-order valence-corrected chi connectivity index (χ0v) is 11.0. The van der Waals surface area contributed by atoms with Gasteiger partial charge in [0.1, 0.15) is 17.0 Å². The van der Waals surface area contributed by atoms with Crippen LogP contribution in [0.25, 0.3) is 11.3 Å². The van der Waals surface area contributed by atoms with Gasteiger partial charge in [0.05, 0.1) is 15.5 Å². The number of anilines is 1. The molecule has 3 N–H and O–H groups in total. The molecule has 3 aromatic heterocycles. The van der Waals surface area contributed by atoms with Gasteiger partial charge >= 0.3 is 0 Å². The van der Waals surface area contributed by atoms with E-state index in [9.17, 15) is 4.79 Å². The third kappa shape index (κ3) is 2.30. The minimum atomic E-state index is -0.484. The smallest absolute Gasteiger partial charge is 0.259 e. The van der Waals surface area contributed by atoms with Crippen LogP contribution in [-0.4, -0.2) is 11.1 Å². The number of furan rings is 1. The van der Waals surface area contributed by atoms with Crippen molar-refractivity contribution in [2.45, 2.75) is 6.54 Å². The Kier molecular flexibility index (Phi) is 2.68. The highest BCUT2D eigenvalue weighted by Gasteiger charge is 2.22. The molecule has 3 heterocycles. The second-order valence-electron chi connectivity index (χ2n) is 3.89. The van der Waals surface area contributed by atoms with Crippen LogP contribution in [0.15, 0.2) is 44.1 Å². The summed E-state index contributed by atoms with van der Waals surface area (Å²) >= 11 is 1.46. The number of nitrogens with one attached hydrogen (secondary N) is 1. The summed E-state index contributed by atoms with van der Waals surface area (Å²) in [5.74, 6) is -0.363. The number of carbonyl (C=O) groups excluding carboxylic acids is 1. The van der Waals surface area contributed by atoms with Crippen LogP contribution < -0.4 is 11.1 Å². The van der Waals surface area contributed by atoms with Crippen molar-refractivity contribution in [3.05, 3.63) is 46.5 Å². The number of hydrogen-bond acceptors (Lipinski definition) is 6. The molecule has 102 valence electrons. The van der Waals surface area contributed by atoms with Crippen LogP contribution in [0.5, 0.6) is 0 Å². The molecule has 0 aliphatic carbocycles. The molecule has 0 bridgehead atoms. The molecule has 0 unspecified atom stereocenters. The van der Waals surface area contributed by atoms with Gasteiger partial charge in [-0.05, 0) is 23.5 Å². The summed E-state index contributed by atoms with van der Waals surface area (Å²) in [5.41, 5.74) is 6.92. The van der Waals surface area contributed by atoms with Crippen LogP contribution in [0.4, 0.5) is 5.88 Å². The van der Waals surface area contributed by atoms with E-state index in [1.54, 1.807) is 6.07 Å². The summed E-state index contributed by atoms with van der Waals surface area (Å²) in [4.78, 5) is 12.3. The maximum absolute atomic E-state index is 12.3. The van der Waals surface area contributed by atoms with E-state index in [0.717, 1.165) is 11.8 Å². The van der Waals surface area contributed by atoms with Gasteiger partial charge in [0, 0.05) is 10.9 Å². The molecular weight excluding hydrogens is 278 g/mol. The van der Waals surface area contributed by atoms with E-state index in [4.69, 9.17) is 17.4 Å². The Balaban J connectivity index is 1.81. The molecule has 6 nitrogen and oxygen atoms in total. The van der Waals surface area contributed by atoms with Gasteiger partial charge in [-0.3, -0.25) is 4.79 Å². The number of carbonyl (C=O) groups is 1. The van der Waals surface area contributed by atoms with Crippen molar-refractivity contribution in [3.63, 3.8) is 0 Å². The molecule has 0 radical (unpaired) electrons. The lowest BCUT2D eigenvalue weighted by Gasteiger charge is -2.03. The number of nitrogens with zero attached hydrogens (tertiary/aromatic N) is 1. The lowest BCUT2D eigenvalue weighted by molar-refractivity contribution is 0.0949. The van der Waals surface area contributed by atoms with Gasteiger partial charge in [0.2, 0.25) is 5.88 Å². The normalized spacial score (nSPS) is 12.0. The maximum Gasteiger partial charge on any atom is 0.259 e. The second kappa shape index (κ2) is 5.22. The minimum Gasteiger partial charge on any atom is -0.467 e. The van der Waals surface area contributed by atoms with Gasteiger partial charge in [-0.2, -0.15) is 11.3 Å². The molecule has 20 heavy (non-hydrogen) atoms. The number of amides is 1. The second-order valence-corrected chi connectivity index (χ2v) is 4.67. The Morgan fingerprint density at radius 1 is 1.60 bits per heavy atom. The molecule has 0 saturated heterocycles. The lowest BCUT2D eigenvalue weighted by atomic mass is 10.1. The van der Waals surface area contributed by atoms with Crippen LogP contribution in [0.3, 0.4) is 0 Å². The molecule has 0 aliphatic heterocycles. The fourth-order valence-corrected chi connectivity index (χ4v) is 2.33. The molecule has 0 saturated carbocycles. The number of nitrogens with two attached hydrogens (primary N) is 1. The maximum atomic E-state index is 12.3. The molecule has 1 amide bonds. The Hall–Kier alpha value is -2.54. The molecule has 0 spiro atoms. The quantitative estimate of drug-likeness (QED) is 0.770. The van der Waals surface area contributed by atoms with Gasteiger partial charge in [-0.15, -0.1) is 0 Å². The third-order valence-corrected chi connectivity index (χ3v) is 3.30. The summed E-state index contributed by atoms with van der Waals surface area (Å²) in [5, 5.41) is 10.1. The molecule has 0 atom stereocenters. The standard InChI is InChI=1S/C13H11N3O3S/c14-12-10(11(16-19-12)8-3-5-20-7-8)13(17)15-6-9-2-1-4-18-9/h1-5,7H,6,14H2,(H,15,17)/i1T,2T. The monoisotopic (exact) mass is 293 g/mol. The van der Waals surface area contributed by atoms with E-state index in [2.05, 4.69) is 10.5 Å². The van der Waals surface area contributed by atoms with Gasteiger partial charge in [-0.1, -0.05) is 5.16 Å². The summed E-state index contributed by atoms with van der Waals surface area (Å²) in [6, 6.07) is 1.71. The number of hydrogen-bond donors (Lipinski definition) is 2.